The maximum Gasteiger partial charge on any atom is 0.418 e. The first-order valence-electron chi connectivity index (χ1n) is 9.45. The normalized spacial score (nSPS) is 15.6. The molecule has 0 bridgehead atoms. The smallest absolute Gasteiger partial charge is 0.418 e. The highest BCUT2D eigenvalue weighted by Crippen LogP contribution is 2.37. The molecule has 0 fully saturated rings. The van der Waals surface area contributed by atoms with Gasteiger partial charge in [-0.05, 0) is 29.8 Å². The lowest BCUT2D eigenvalue weighted by Gasteiger charge is -2.17. The fourth-order valence-electron chi connectivity index (χ4n) is 3.09. The van der Waals surface area contributed by atoms with Gasteiger partial charge in [-0.1, -0.05) is 35.5 Å². The number of hydrogen-bond donors (Lipinski definition) is 2. The Balaban J connectivity index is 1.48. The number of carbonyl (C=O) groups is 2. The van der Waals surface area contributed by atoms with Gasteiger partial charge in [-0.2, -0.15) is 13.2 Å². The lowest BCUT2D eigenvalue weighted by molar-refractivity contribution is -0.137. The molecule has 1 aromatic heterocycles. The third kappa shape index (κ3) is 4.64. The zero-order chi connectivity index (χ0) is 22.7. The van der Waals surface area contributed by atoms with Crippen molar-refractivity contribution >= 4 is 28.9 Å². The number of alkyl halides is 3. The maximum atomic E-state index is 13.6. The quantitative estimate of drug-likeness (QED) is 0.599. The van der Waals surface area contributed by atoms with Gasteiger partial charge in [-0.15, -0.1) is 0 Å². The van der Waals surface area contributed by atoms with Crippen molar-refractivity contribution < 1.29 is 32.0 Å². The molecule has 1 aliphatic rings. The van der Waals surface area contributed by atoms with Crippen LogP contribution in [0.1, 0.15) is 27.9 Å². The first-order chi connectivity index (χ1) is 15.3. The molecule has 3 aromatic rings. The molecule has 4 rings (SSSR count). The van der Waals surface area contributed by atoms with E-state index < -0.39 is 35.3 Å². The molecule has 2 N–H and O–H groups in total. The van der Waals surface area contributed by atoms with Crippen molar-refractivity contribution in [1.29, 1.82) is 0 Å². The van der Waals surface area contributed by atoms with Crippen molar-refractivity contribution in [3.63, 3.8) is 0 Å². The number of halogens is 3. The van der Waals surface area contributed by atoms with Crippen molar-refractivity contribution in [3.05, 3.63) is 83.8 Å². The molecule has 1 unspecified atom stereocenters. The Bertz CT molecular complexity index is 1160. The molecule has 0 saturated carbocycles. The summed E-state index contributed by atoms with van der Waals surface area (Å²) < 4.78 is 45.6. The molecule has 0 aliphatic carbocycles. The van der Waals surface area contributed by atoms with Gasteiger partial charge in [0.25, 0.3) is 11.8 Å². The Kier molecular flexibility index (Phi) is 5.67. The largest absolute Gasteiger partial charge is 0.472 e. The van der Waals surface area contributed by atoms with E-state index in [4.69, 9.17) is 9.25 Å². The zero-order valence-corrected chi connectivity index (χ0v) is 16.3. The van der Waals surface area contributed by atoms with Crippen LogP contribution in [0.25, 0.3) is 0 Å². The average Bonchev–Trinajstić information content (AvgIpc) is 3.47. The molecule has 0 radical (unpaired) electrons. The highest BCUT2D eigenvalue weighted by atomic mass is 19.4. The Morgan fingerprint density at radius 3 is 2.50 bits per heavy atom. The van der Waals surface area contributed by atoms with Crippen LogP contribution in [-0.4, -0.2) is 23.6 Å². The highest BCUT2D eigenvalue weighted by molar-refractivity contribution is 6.06. The van der Waals surface area contributed by atoms with Crippen LogP contribution < -0.4 is 10.6 Å². The molecular formula is C22H16F3N3O4. The number of nitrogens with one attached hydrogen (secondary N) is 2. The summed E-state index contributed by atoms with van der Waals surface area (Å²) in [6.07, 6.45) is -3.28. The summed E-state index contributed by atoms with van der Waals surface area (Å²) in [5.74, 6) is -1.39. The van der Waals surface area contributed by atoms with E-state index in [1.54, 1.807) is 24.3 Å². The van der Waals surface area contributed by atoms with E-state index in [1.807, 2.05) is 6.07 Å². The number of hydrogen-bond acceptors (Lipinski definition) is 5. The number of oxime groups is 1. The topological polar surface area (TPSA) is 92.9 Å². The van der Waals surface area contributed by atoms with E-state index in [1.165, 1.54) is 24.7 Å². The summed E-state index contributed by atoms with van der Waals surface area (Å²) in [7, 11) is 0. The van der Waals surface area contributed by atoms with Crippen molar-refractivity contribution in [2.75, 3.05) is 10.6 Å². The molecule has 1 atom stereocenters. The number of benzene rings is 2. The van der Waals surface area contributed by atoms with Crippen LogP contribution >= 0.6 is 0 Å². The molecule has 0 spiro atoms. The second kappa shape index (κ2) is 8.58. The maximum absolute atomic E-state index is 13.6. The van der Waals surface area contributed by atoms with Crippen LogP contribution in [0.2, 0.25) is 0 Å². The number of nitrogens with zero attached hydrogens (tertiary/aromatic N) is 1. The molecule has 32 heavy (non-hydrogen) atoms. The minimum Gasteiger partial charge on any atom is -0.472 e. The van der Waals surface area contributed by atoms with Crippen molar-refractivity contribution in [1.82, 2.24) is 0 Å². The third-order valence-corrected chi connectivity index (χ3v) is 4.69. The van der Waals surface area contributed by atoms with E-state index in [0.717, 1.165) is 17.7 Å². The molecule has 2 aromatic carbocycles. The first kappa shape index (κ1) is 21.2. The molecular weight excluding hydrogens is 427 g/mol. The van der Waals surface area contributed by atoms with E-state index in [-0.39, 0.29) is 17.7 Å². The van der Waals surface area contributed by atoms with Gasteiger partial charge in [-0.25, -0.2) is 0 Å². The van der Waals surface area contributed by atoms with E-state index >= 15 is 0 Å². The van der Waals surface area contributed by atoms with Crippen molar-refractivity contribution in [3.8, 4) is 0 Å². The monoisotopic (exact) mass is 443 g/mol. The first-order valence-corrected chi connectivity index (χ1v) is 9.45. The lowest BCUT2D eigenvalue weighted by atomic mass is 10.0. The van der Waals surface area contributed by atoms with Gasteiger partial charge in [0.05, 0.1) is 28.8 Å². The standard InChI is InChI=1S/C22H16F3N3O4/c23-22(24,25)16-10-15(26-20(29)14-8-9-31-12-14)6-7-17(16)27-21(30)19-11-18(28-32-19)13-4-2-1-3-5-13/h1-10,12,19H,11H2,(H,26,29)(H,27,30). The fraction of sp³-hybridized carbons (Fsp3) is 0.136. The Hall–Kier alpha value is -4.08. The summed E-state index contributed by atoms with van der Waals surface area (Å²) in [5.41, 5.74) is -0.217. The van der Waals surface area contributed by atoms with Gasteiger partial charge >= 0.3 is 6.18 Å². The van der Waals surface area contributed by atoms with E-state index in [0.29, 0.717) is 5.71 Å². The minimum absolute atomic E-state index is 0.0895. The number of carbonyl (C=O) groups excluding carboxylic acids is 2. The Morgan fingerprint density at radius 2 is 1.81 bits per heavy atom. The van der Waals surface area contributed by atoms with Gasteiger partial charge in [0.1, 0.15) is 6.26 Å². The predicted molar refractivity (Wildman–Crippen MR) is 109 cm³/mol. The van der Waals surface area contributed by atoms with Crippen LogP contribution in [0.4, 0.5) is 24.5 Å². The SMILES string of the molecule is O=C(Nc1ccc(NC(=O)C2CC(c3ccccc3)=NO2)c(C(F)(F)F)c1)c1ccoc1. The van der Waals surface area contributed by atoms with Crippen molar-refractivity contribution in [2.24, 2.45) is 5.16 Å². The van der Waals surface area contributed by atoms with E-state index in [9.17, 15) is 22.8 Å². The fourth-order valence-corrected chi connectivity index (χ4v) is 3.09. The summed E-state index contributed by atoms with van der Waals surface area (Å²) in [6.45, 7) is 0. The van der Waals surface area contributed by atoms with Gasteiger partial charge in [-0.3, -0.25) is 9.59 Å². The molecule has 7 nitrogen and oxygen atoms in total. The summed E-state index contributed by atoms with van der Waals surface area (Å²) in [6, 6.07) is 13.5. The second-order valence-corrected chi connectivity index (χ2v) is 6.92. The van der Waals surface area contributed by atoms with Crippen molar-refractivity contribution in [2.45, 2.75) is 18.7 Å². The Morgan fingerprint density at radius 1 is 1.03 bits per heavy atom. The zero-order valence-electron chi connectivity index (χ0n) is 16.3. The molecule has 2 amide bonds. The van der Waals surface area contributed by atoms with Gasteiger partial charge < -0.3 is 19.9 Å². The third-order valence-electron chi connectivity index (χ3n) is 4.69. The van der Waals surface area contributed by atoms with E-state index in [2.05, 4.69) is 15.8 Å². The number of amides is 2. The van der Waals surface area contributed by atoms with Crippen LogP contribution in [0, 0.1) is 0 Å². The molecule has 1 aliphatic heterocycles. The van der Waals surface area contributed by atoms with Gasteiger partial charge in [0, 0.05) is 12.1 Å². The minimum atomic E-state index is -4.78. The van der Waals surface area contributed by atoms with Crippen LogP contribution in [-0.2, 0) is 15.8 Å². The predicted octanol–water partition coefficient (Wildman–Crippen LogP) is 4.68. The summed E-state index contributed by atoms with van der Waals surface area (Å²) >= 11 is 0. The molecule has 0 saturated heterocycles. The van der Waals surface area contributed by atoms with Gasteiger partial charge in [0.15, 0.2) is 0 Å². The average molecular weight is 443 g/mol. The lowest BCUT2D eigenvalue weighted by Crippen LogP contribution is -2.29. The number of rotatable bonds is 5. The van der Waals surface area contributed by atoms with Crippen LogP contribution in [0.5, 0.6) is 0 Å². The summed E-state index contributed by atoms with van der Waals surface area (Å²) in [5, 5.41) is 8.49. The molecule has 10 heteroatoms. The summed E-state index contributed by atoms with van der Waals surface area (Å²) in [4.78, 5) is 29.7. The number of furan rings is 1. The Labute approximate surface area is 179 Å². The van der Waals surface area contributed by atoms with Gasteiger partial charge in [0.2, 0.25) is 6.10 Å². The van der Waals surface area contributed by atoms with Crippen LogP contribution in [0.3, 0.4) is 0 Å². The molecule has 164 valence electrons. The molecule has 2 heterocycles. The number of anilines is 2. The highest BCUT2D eigenvalue weighted by Gasteiger charge is 2.36. The second-order valence-electron chi connectivity index (χ2n) is 6.92. The van der Waals surface area contributed by atoms with Crippen LogP contribution in [0.15, 0.2) is 76.7 Å².